The number of amides is 1. The summed E-state index contributed by atoms with van der Waals surface area (Å²) in [5.41, 5.74) is 3.35. The molecule has 0 aliphatic carbocycles. The van der Waals surface area contributed by atoms with Crippen molar-refractivity contribution < 1.29 is 19.1 Å². The number of esters is 1. The van der Waals surface area contributed by atoms with Crippen LogP contribution in [0.15, 0.2) is 29.6 Å². The molecule has 1 fully saturated rings. The predicted octanol–water partition coefficient (Wildman–Crippen LogP) is 4.27. The Morgan fingerprint density at radius 2 is 2.04 bits per heavy atom. The second-order valence-corrected chi connectivity index (χ2v) is 7.00. The van der Waals surface area contributed by atoms with Gasteiger partial charge in [0.2, 0.25) is 0 Å². The van der Waals surface area contributed by atoms with Crippen LogP contribution in [0.5, 0.6) is 0 Å². The molecule has 5 nitrogen and oxygen atoms in total. The lowest BCUT2D eigenvalue weighted by Crippen LogP contribution is -2.27. The van der Waals surface area contributed by atoms with E-state index in [9.17, 15) is 9.59 Å². The summed E-state index contributed by atoms with van der Waals surface area (Å²) in [5.74, 6) is -0.631. The first-order valence-corrected chi connectivity index (χ1v) is 9.82. The van der Waals surface area contributed by atoms with Gasteiger partial charge in [-0.25, -0.2) is 4.79 Å². The first-order chi connectivity index (χ1) is 12.6. The molecule has 1 aromatic carbocycles. The molecule has 2 aromatic rings. The number of carbonyl (C=O) groups excluding carboxylic acids is 2. The smallest absolute Gasteiger partial charge is 0.341 e. The van der Waals surface area contributed by atoms with Crippen molar-refractivity contribution in [3.8, 4) is 11.1 Å². The van der Waals surface area contributed by atoms with Crippen LogP contribution in [0.25, 0.3) is 11.1 Å². The van der Waals surface area contributed by atoms with Gasteiger partial charge in [-0.3, -0.25) is 4.79 Å². The van der Waals surface area contributed by atoms with Crippen molar-refractivity contribution in [3.63, 3.8) is 0 Å². The molecule has 0 spiro atoms. The van der Waals surface area contributed by atoms with Gasteiger partial charge in [-0.15, -0.1) is 11.3 Å². The van der Waals surface area contributed by atoms with Crippen molar-refractivity contribution in [2.24, 2.45) is 0 Å². The summed E-state index contributed by atoms with van der Waals surface area (Å²) in [5, 5.41) is 5.26. The predicted molar refractivity (Wildman–Crippen MR) is 103 cm³/mol. The van der Waals surface area contributed by atoms with Crippen LogP contribution in [-0.4, -0.2) is 31.2 Å². The van der Waals surface area contributed by atoms with E-state index in [0.29, 0.717) is 23.6 Å². The van der Waals surface area contributed by atoms with Gasteiger partial charge < -0.3 is 14.8 Å². The molecule has 0 radical (unpaired) electrons. The molecule has 26 heavy (non-hydrogen) atoms. The maximum absolute atomic E-state index is 12.5. The zero-order chi connectivity index (χ0) is 18.5. The van der Waals surface area contributed by atoms with Crippen LogP contribution in [0.3, 0.4) is 0 Å². The summed E-state index contributed by atoms with van der Waals surface area (Å²) in [6.07, 6.45) is 2.09. The van der Waals surface area contributed by atoms with E-state index in [-0.39, 0.29) is 12.5 Å². The zero-order valence-corrected chi connectivity index (χ0v) is 15.9. The number of benzene rings is 1. The van der Waals surface area contributed by atoms with Gasteiger partial charge in [0.05, 0.1) is 6.61 Å². The van der Waals surface area contributed by atoms with E-state index >= 15 is 0 Å². The average molecular weight is 373 g/mol. The average Bonchev–Trinajstić information content (AvgIpc) is 3.32. The summed E-state index contributed by atoms with van der Waals surface area (Å²) in [6, 6.07) is 8.09. The largest absolute Gasteiger partial charge is 0.462 e. The molecular formula is C20H23NO4S. The minimum Gasteiger partial charge on any atom is -0.462 e. The Bertz CT molecular complexity index is 776. The van der Waals surface area contributed by atoms with Crippen LogP contribution in [-0.2, 0) is 20.7 Å². The highest BCUT2D eigenvalue weighted by molar-refractivity contribution is 7.15. The van der Waals surface area contributed by atoms with Crippen molar-refractivity contribution in [3.05, 3.63) is 40.8 Å². The van der Waals surface area contributed by atoms with E-state index in [1.54, 1.807) is 6.92 Å². The summed E-state index contributed by atoms with van der Waals surface area (Å²) < 4.78 is 10.7. The molecule has 1 aromatic heterocycles. The minimum atomic E-state index is -0.445. The van der Waals surface area contributed by atoms with Crippen molar-refractivity contribution in [2.45, 2.75) is 39.2 Å². The monoisotopic (exact) mass is 373 g/mol. The molecule has 1 atom stereocenters. The standard InChI is InChI=1S/C20H23NO4S/c1-3-13-7-9-14(10-8-13)15-12-26-19(17(15)20(23)24-4-2)21-18(22)16-6-5-11-25-16/h7-10,12,16H,3-6,11H2,1-2H3,(H,21,22). The van der Waals surface area contributed by atoms with Crippen LogP contribution in [0, 0.1) is 0 Å². The van der Waals surface area contributed by atoms with E-state index in [4.69, 9.17) is 9.47 Å². The highest BCUT2D eigenvalue weighted by Gasteiger charge is 2.27. The molecule has 0 bridgehead atoms. The molecule has 1 aliphatic heterocycles. The molecule has 3 rings (SSSR count). The topological polar surface area (TPSA) is 64.6 Å². The molecule has 1 saturated heterocycles. The third kappa shape index (κ3) is 3.97. The highest BCUT2D eigenvalue weighted by Crippen LogP contribution is 2.36. The first kappa shape index (κ1) is 18.6. The number of hydrogen-bond donors (Lipinski definition) is 1. The van der Waals surface area contributed by atoms with Gasteiger partial charge >= 0.3 is 5.97 Å². The van der Waals surface area contributed by atoms with Gasteiger partial charge in [0.15, 0.2) is 0 Å². The number of carbonyl (C=O) groups is 2. The van der Waals surface area contributed by atoms with Crippen LogP contribution in [0.4, 0.5) is 5.00 Å². The number of anilines is 1. The lowest BCUT2D eigenvalue weighted by Gasteiger charge is -2.11. The van der Waals surface area contributed by atoms with Crippen LogP contribution in [0.1, 0.15) is 42.6 Å². The zero-order valence-electron chi connectivity index (χ0n) is 15.0. The maximum Gasteiger partial charge on any atom is 0.341 e. The molecule has 138 valence electrons. The molecule has 1 unspecified atom stereocenters. The maximum atomic E-state index is 12.5. The van der Waals surface area contributed by atoms with Gasteiger partial charge in [-0.2, -0.15) is 0 Å². The Morgan fingerprint density at radius 1 is 1.27 bits per heavy atom. The Labute approximate surface area is 157 Å². The summed E-state index contributed by atoms with van der Waals surface area (Å²) >= 11 is 1.33. The molecule has 0 saturated carbocycles. The number of ether oxygens (including phenoxy) is 2. The SMILES string of the molecule is CCOC(=O)c1c(-c2ccc(CC)cc2)csc1NC(=O)C1CCCO1. The van der Waals surface area contributed by atoms with E-state index in [2.05, 4.69) is 12.2 Å². The molecule has 1 amide bonds. The Kier molecular flexibility index (Phi) is 6.06. The summed E-state index contributed by atoms with van der Waals surface area (Å²) in [7, 11) is 0. The van der Waals surface area contributed by atoms with Crippen molar-refractivity contribution >= 4 is 28.2 Å². The number of thiophene rings is 1. The van der Waals surface area contributed by atoms with Crippen LogP contribution < -0.4 is 5.32 Å². The molecule has 1 N–H and O–H groups in total. The summed E-state index contributed by atoms with van der Waals surface area (Å²) in [6.45, 7) is 4.75. The fourth-order valence-corrected chi connectivity index (χ4v) is 3.93. The fraction of sp³-hybridized carbons (Fsp3) is 0.400. The lowest BCUT2D eigenvalue weighted by atomic mass is 10.0. The van der Waals surface area contributed by atoms with Crippen LogP contribution in [0.2, 0.25) is 0 Å². The van der Waals surface area contributed by atoms with Crippen molar-refractivity contribution in [1.29, 1.82) is 0 Å². The molecule has 6 heteroatoms. The number of rotatable bonds is 6. The highest BCUT2D eigenvalue weighted by atomic mass is 32.1. The van der Waals surface area contributed by atoms with Gasteiger partial charge in [-0.1, -0.05) is 31.2 Å². The van der Waals surface area contributed by atoms with Crippen LogP contribution >= 0.6 is 11.3 Å². The number of hydrogen-bond acceptors (Lipinski definition) is 5. The van der Waals surface area contributed by atoms with Gasteiger partial charge in [-0.05, 0) is 37.3 Å². The third-order valence-electron chi connectivity index (χ3n) is 4.40. The second kappa shape index (κ2) is 8.47. The van der Waals surface area contributed by atoms with Gasteiger partial charge in [0.1, 0.15) is 16.7 Å². The quantitative estimate of drug-likeness (QED) is 0.768. The summed E-state index contributed by atoms with van der Waals surface area (Å²) in [4.78, 5) is 24.9. The van der Waals surface area contributed by atoms with E-state index in [1.807, 2.05) is 29.6 Å². The lowest BCUT2D eigenvalue weighted by molar-refractivity contribution is -0.124. The molecule has 2 heterocycles. The second-order valence-electron chi connectivity index (χ2n) is 6.12. The van der Waals surface area contributed by atoms with Crippen molar-refractivity contribution in [1.82, 2.24) is 0 Å². The van der Waals surface area contributed by atoms with Gasteiger partial charge in [0, 0.05) is 17.6 Å². The minimum absolute atomic E-state index is 0.206. The Hall–Kier alpha value is -2.18. The number of nitrogens with one attached hydrogen (secondary N) is 1. The number of aryl methyl sites for hydroxylation is 1. The Balaban J connectivity index is 1.92. The van der Waals surface area contributed by atoms with E-state index in [1.165, 1.54) is 16.9 Å². The molecule has 1 aliphatic rings. The fourth-order valence-electron chi connectivity index (χ4n) is 2.97. The van der Waals surface area contributed by atoms with E-state index in [0.717, 1.165) is 24.0 Å². The normalized spacial score (nSPS) is 16.5. The van der Waals surface area contributed by atoms with Gasteiger partial charge in [0.25, 0.3) is 5.91 Å². The first-order valence-electron chi connectivity index (χ1n) is 8.94. The molecular weight excluding hydrogens is 350 g/mol. The Morgan fingerprint density at radius 3 is 2.65 bits per heavy atom. The van der Waals surface area contributed by atoms with E-state index < -0.39 is 12.1 Å². The van der Waals surface area contributed by atoms with Crippen molar-refractivity contribution in [2.75, 3.05) is 18.5 Å². The third-order valence-corrected chi connectivity index (χ3v) is 5.30.